The quantitative estimate of drug-likeness (QED) is 0.312. The molecule has 0 aliphatic rings. The molecule has 1 aromatic carbocycles. The number of thiophene rings is 1. The van der Waals surface area contributed by atoms with Gasteiger partial charge in [0.2, 0.25) is 0 Å². The Hall–Kier alpha value is -4.06. The number of hydrogen-bond donors (Lipinski definition) is 0. The van der Waals surface area contributed by atoms with Crippen LogP contribution in [0, 0.1) is 13.8 Å². The molecule has 0 fully saturated rings. The van der Waals surface area contributed by atoms with Gasteiger partial charge >= 0.3 is 6.18 Å². The number of alkyl halides is 3. The summed E-state index contributed by atoms with van der Waals surface area (Å²) in [6.45, 7) is 3.89. The molecule has 6 aromatic rings. The molecule has 0 saturated heterocycles. The predicted octanol–water partition coefficient (Wildman–Crippen LogP) is 5.50. The largest absolute Gasteiger partial charge is 0.485 e. The molecule has 0 saturated carbocycles. The van der Waals surface area contributed by atoms with Gasteiger partial charge < -0.3 is 4.74 Å². The Morgan fingerprint density at radius 1 is 1.08 bits per heavy atom. The second kappa shape index (κ2) is 7.98. The highest BCUT2D eigenvalue weighted by atomic mass is 32.1. The van der Waals surface area contributed by atoms with Crippen molar-refractivity contribution in [1.82, 2.24) is 34.3 Å². The molecule has 0 aliphatic heterocycles. The molecular formula is C24H18F3N7OS. The summed E-state index contributed by atoms with van der Waals surface area (Å²) < 4.78 is 50.8. The Balaban J connectivity index is 1.53. The molecular weight excluding hydrogens is 491 g/mol. The van der Waals surface area contributed by atoms with E-state index >= 15 is 0 Å². The number of rotatable bonds is 4. The number of halogens is 3. The second-order valence-electron chi connectivity index (χ2n) is 8.37. The summed E-state index contributed by atoms with van der Waals surface area (Å²) in [5.41, 5.74) is 2.71. The van der Waals surface area contributed by atoms with Crippen LogP contribution >= 0.6 is 11.3 Å². The minimum atomic E-state index is -4.60. The molecule has 0 spiro atoms. The van der Waals surface area contributed by atoms with Gasteiger partial charge in [-0.25, -0.2) is 19.5 Å². The van der Waals surface area contributed by atoms with Crippen LogP contribution in [0.25, 0.3) is 37.2 Å². The molecule has 0 amide bonds. The summed E-state index contributed by atoms with van der Waals surface area (Å²) >= 11 is 1.11. The fourth-order valence-corrected chi connectivity index (χ4v) is 5.24. The van der Waals surface area contributed by atoms with Crippen LogP contribution in [0.5, 0.6) is 5.75 Å². The van der Waals surface area contributed by atoms with Gasteiger partial charge in [0.15, 0.2) is 11.5 Å². The Kier molecular flexibility index (Phi) is 4.97. The van der Waals surface area contributed by atoms with E-state index < -0.39 is 11.9 Å². The number of nitrogens with zero attached hydrogens (tertiary/aromatic N) is 7. The van der Waals surface area contributed by atoms with E-state index in [1.807, 2.05) is 31.2 Å². The molecule has 182 valence electrons. The fraction of sp³-hybridized carbons (Fsp3) is 0.208. The molecule has 0 atom stereocenters. The molecule has 12 heteroatoms. The third-order valence-corrected chi connectivity index (χ3v) is 7.15. The van der Waals surface area contributed by atoms with E-state index in [-0.39, 0.29) is 11.4 Å². The zero-order chi connectivity index (χ0) is 25.2. The highest BCUT2D eigenvalue weighted by Crippen LogP contribution is 2.42. The highest BCUT2D eigenvalue weighted by Gasteiger charge is 2.35. The van der Waals surface area contributed by atoms with Gasteiger partial charge in [-0.15, -0.1) is 16.4 Å². The first-order chi connectivity index (χ1) is 17.2. The normalized spacial score (nSPS) is 12.3. The van der Waals surface area contributed by atoms with Crippen molar-refractivity contribution in [1.29, 1.82) is 0 Å². The van der Waals surface area contributed by atoms with Crippen molar-refractivity contribution in [2.24, 2.45) is 7.05 Å². The number of fused-ring (bicyclic) bond motifs is 5. The number of aromatic nitrogens is 7. The number of hydrogen-bond acceptors (Lipinski definition) is 7. The Labute approximate surface area is 206 Å². The number of para-hydroxylation sites is 1. The monoisotopic (exact) mass is 509 g/mol. The van der Waals surface area contributed by atoms with Crippen LogP contribution in [0.1, 0.15) is 22.8 Å². The molecule has 0 bridgehead atoms. The fourth-order valence-electron chi connectivity index (χ4n) is 4.12. The number of benzene rings is 1. The summed E-state index contributed by atoms with van der Waals surface area (Å²) in [5, 5.41) is 9.19. The van der Waals surface area contributed by atoms with Gasteiger partial charge in [-0.3, -0.25) is 4.68 Å². The van der Waals surface area contributed by atoms with Crippen molar-refractivity contribution in [3.63, 3.8) is 0 Å². The number of pyridine rings is 1. The lowest BCUT2D eigenvalue weighted by Gasteiger charge is -2.10. The first-order valence-corrected chi connectivity index (χ1v) is 11.7. The summed E-state index contributed by atoms with van der Waals surface area (Å²) in [4.78, 5) is 13.3. The standard InChI is InChI=1S/C24H18F3N7OS/c1-12-6-4-5-7-16(12)35-10-18-31-22-21-20(28-11-34(22)32-18)19-14(15-9-29-33(3)13(15)2)8-17(24(25,26)27)30-23(19)36-21/h4-9,11H,10H2,1-3H3. The van der Waals surface area contributed by atoms with Crippen LogP contribution in [0.4, 0.5) is 13.2 Å². The Morgan fingerprint density at radius 3 is 2.61 bits per heavy atom. The summed E-state index contributed by atoms with van der Waals surface area (Å²) in [6, 6.07) is 8.68. The van der Waals surface area contributed by atoms with E-state index in [2.05, 4.69) is 25.1 Å². The lowest BCUT2D eigenvalue weighted by atomic mass is 10.0. The van der Waals surface area contributed by atoms with Gasteiger partial charge in [-0.1, -0.05) is 18.2 Å². The number of ether oxygens (including phenoxy) is 1. The van der Waals surface area contributed by atoms with Crippen molar-refractivity contribution >= 4 is 37.4 Å². The van der Waals surface area contributed by atoms with E-state index in [1.54, 1.807) is 24.9 Å². The Bertz CT molecular complexity index is 1780. The average molecular weight is 510 g/mol. The van der Waals surface area contributed by atoms with Crippen LogP contribution in [0.3, 0.4) is 0 Å². The molecule has 6 rings (SSSR count). The maximum absolute atomic E-state index is 13.7. The van der Waals surface area contributed by atoms with Gasteiger partial charge in [0.25, 0.3) is 0 Å². The molecule has 0 N–H and O–H groups in total. The van der Waals surface area contributed by atoms with Gasteiger partial charge in [0, 0.05) is 23.7 Å². The van der Waals surface area contributed by atoms with Gasteiger partial charge in [0.05, 0.1) is 11.7 Å². The van der Waals surface area contributed by atoms with Gasteiger partial charge in [-0.05, 0) is 37.1 Å². The highest BCUT2D eigenvalue weighted by molar-refractivity contribution is 7.26. The van der Waals surface area contributed by atoms with E-state index in [0.29, 0.717) is 38.2 Å². The summed E-state index contributed by atoms with van der Waals surface area (Å²) in [5.74, 6) is 1.15. The van der Waals surface area contributed by atoms with Crippen molar-refractivity contribution < 1.29 is 17.9 Å². The minimum absolute atomic E-state index is 0.134. The summed E-state index contributed by atoms with van der Waals surface area (Å²) in [7, 11) is 1.74. The van der Waals surface area contributed by atoms with Crippen molar-refractivity contribution in [2.45, 2.75) is 26.6 Å². The topological polar surface area (TPSA) is 83.0 Å². The second-order valence-corrected chi connectivity index (χ2v) is 9.37. The first-order valence-electron chi connectivity index (χ1n) is 10.9. The van der Waals surface area contributed by atoms with Gasteiger partial charge in [0.1, 0.15) is 33.9 Å². The van der Waals surface area contributed by atoms with Crippen LogP contribution in [-0.4, -0.2) is 34.3 Å². The van der Waals surface area contributed by atoms with E-state index in [0.717, 1.165) is 34.4 Å². The van der Waals surface area contributed by atoms with Crippen LogP contribution in [-0.2, 0) is 19.8 Å². The Morgan fingerprint density at radius 2 is 1.89 bits per heavy atom. The van der Waals surface area contributed by atoms with Crippen LogP contribution < -0.4 is 4.74 Å². The third kappa shape index (κ3) is 3.56. The average Bonchev–Trinajstić information content (AvgIpc) is 3.52. The van der Waals surface area contributed by atoms with Crippen LogP contribution in [0.15, 0.2) is 42.9 Å². The van der Waals surface area contributed by atoms with Crippen molar-refractivity contribution in [3.05, 3.63) is 65.6 Å². The third-order valence-electron chi connectivity index (χ3n) is 6.08. The lowest BCUT2D eigenvalue weighted by Crippen LogP contribution is -2.08. The van der Waals surface area contributed by atoms with E-state index in [9.17, 15) is 13.2 Å². The van der Waals surface area contributed by atoms with Crippen LogP contribution in [0.2, 0.25) is 0 Å². The molecule has 5 aromatic heterocycles. The lowest BCUT2D eigenvalue weighted by molar-refractivity contribution is -0.140. The molecule has 36 heavy (non-hydrogen) atoms. The van der Waals surface area contributed by atoms with E-state index in [1.165, 1.54) is 10.8 Å². The van der Waals surface area contributed by atoms with E-state index in [4.69, 9.17) is 4.74 Å². The summed E-state index contributed by atoms with van der Waals surface area (Å²) in [6.07, 6.45) is -1.54. The number of aryl methyl sites for hydroxylation is 2. The molecule has 5 heterocycles. The first kappa shape index (κ1) is 22.4. The maximum atomic E-state index is 13.7. The molecule has 0 unspecified atom stereocenters. The SMILES string of the molecule is Cc1ccccc1OCc1nc2c3sc4nc(C(F)(F)F)cc(-c5cnn(C)c5C)c4c3ncn2n1. The molecule has 0 radical (unpaired) electrons. The maximum Gasteiger partial charge on any atom is 0.433 e. The minimum Gasteiger partial charge on any atom is -0.485 e. The predicted molar refractivity (Wildman–Crippen MR) is 129 cm³/mol. The van der Waals surface area contributed by atoms with Crippen molar-refractivity contribution in [3.8, 4) is 16.9 Å². The zero-order valence-electron chi connectivity index (χ0n) is 19.3. The van der Waals surface area contributed by atoms with Crippen molar-refractivity contribution in [2.75, 3.05) is 0 Å². The smallest absolute Gasteiger partial charge is 0.433 e. The zero-order valence-corrected chi connectivity index (χ0v) is 20.1. The molecule has 0 aliphatic carbocycles. The molecule has 8 nitrogen and oxygen atoms in total. The van der Waals surface area contributed by atoms with Gasteiger partial charge in [-0.2, -0.15) is 18.3 Å².